The number of amides is 1. The van der Waals surface area contributed by atoms with Gasteiger partial charge in [0.1, 0.15) is 0 Å². The van der Waals surface area contributed by atoms with Gasteiger partial charge in [-0.15, -0.1) is 12.4 Å². The number of aryl methyl sites for hydroxylation is 1. The van der Waals surface area contributed by atoms with Crippen molar-refractivity contribution in [3.05, 3.63) is 65.2 Å². The van der Waals surface area contributed by atoms with Crippen molar-refractivity contribution in [2.75, 3.05) is 11.9 Å². The third-order valence-corrected chi connectivity index (χ3v) is 5.12. The minimum absolute atomic E-state index is 0. The Hall–Kier alpha value is -1.84. The molecule has 132 valence electrons. The van der Waals surface area contributed by atoms with Crippen LogP contribution >= 0.6 is 12.4 Å². The first-order chi connectivity index (χ1) is 11.7. The Labute approximate surface area is 155 Å². The van der Waals surface area contributed by atoms with Crippen LogP contribution in [-0.4, -0.2) is 18.5 Å². The molecule has 1 amide bonds. The largest absolute Gasteiger partial charge is 0.322 e. The van der Waals surface area contributed by atoms with E-state index in [2.05, 4.69) is 29.7 Å². The van der Waals surface area contributed by atoms with Crippen LogP contribution in [0.5, 0.6) is 0 Å². The maximum atomic E-state index is 12.2. The summed E-state index contributed by atoms with van der Waals surface area (Å²) in [5.41, 5.74) is 4.24. The molecule has 4 rings (SSSR count). The fourth-order valence-electron chi connectivity index (χ4n) is 3.37. The zero-order chi connectivity index (χ0) is 16.5. The van der Waals surface area contributed by atoms with Crippen LogP contribution in [0.25, 0.3) is 0 Å². The summed E-state index contributed by atoms with van der Waals surface area (Å²) in [6, 6.07) is 16.3. The average molecular weight is 357 g/mol. The Morgan fingerprint density at radius 1 is 1.12 bits per heavy atom. The van der Waals surface area contributed by atoms with Gasteiger partial charge in [0.15, 0.2) is 0 Å². The molecule has 25 heavy (non-hydrogen) atoms. The number of carbonyl (C=O) groups excluding carboxylic acids is 1. The highest BCUT2D eigenvalue weighted by Crippen LogP contribution is 2.43. The van der Waals surface area contributed by atoms with Crippen molar-refractivity contribution in [3.8, 4) is 0 Å². The highest BCUT2D eigenvalue weighted by Gasteiger charge is 2.39. The quantitative estimate of drug-likeness (QED) is 0.798. The van der Waals surface area contributed by atoms with Gasteiger partial charge in [-0.3, -0.25) is 4.79 Å². The van der Waals surface area contributed by atoms with E-state index >= 15 is 0 Å². The Morgan fingerprint density at radius 3 is 2.56 bits per heavy atom. The summed E-state index contributed by atoms with van der Waals surface area (Å²) in [5.74, 6) is 1.52. The van der Waals surface area contributed by atoms with Gasteiger partial charge in [0.2, 0.25) is 0 Å². The van der Waals surface area contributed by atoms with E-state index < -0.39 is 0 Å². The van der Waals surface area contributed by atoms with Gasteiger partial charge in [-0.05, 0) is 74.0 Å². The van der Waals surface area contributed by atoms with Crippen molar-refractivity contribution in [2.24, 2.45) is 5.92 Å². The van der Waals surface area contributed by atoms with Gasteiger partial charge in [0.25, 0.3) is 5.91 Å². The highest BCUT2D eigenvalue weighted by molar-refractivity contribution is 6.04. The normalized spacial score (nSPS) is 21.3. The summed E-state index contributed by atoms with van der Waals surface area (Å²) in [5, 5.41) is 6.68. The molecule has 0 heterocycles. The second kappa shape index (κ2) is 7.59. The number of carbonyl (C=O) groups is 1. The van der Waals surface area contributed by atoms with E-state index in [4.69, 9.17) is 0 Å². The van der Waals surface area contributed by atoms with Crippen molar-refractivity contribution in [1.82, 2.24) is 5.32 Å². The lowest BCUT2D eigenvalue weighted by atomic mass is 10.0. The first-order valence-corrected chi connectivity index (χ1v) is 8.91. The third-order valence-electron chi connectivity index (χ3n) is 5.12. The van der Waals surface area contributed by atoms with Crippen molar-refractivity contribution in [1.29, 1.82) is 0 Å². The Balaban J connectivity index is 0.00000182. The zero-order valence-corrected chi connectivity index (χ0v) is 15.3. The third kappa shape index (κ3) is 4.42. The summed E-state index contributed by atoms with van der Waals surface area (Å²) >= 11 is 0. The van der Waals surface area contributed by atoms with E-state index in [1.165, 1.54) is 36.9 Å². The Kier molecular flexibility index (Phi) is 5.45. The molecule has 2 aromatic rings. The minimum Gasteiger partial charge on any atom is -0.322 e. The highest BCUT2D eigenvalue weighted by atomic mass is 35.5. The number of hydrogen-bond donors (Lipinski definition) is 2. The molecule has 0 unspecified atom stereocenters. The second-order valence-corrected chi connectivity index (χ2v) is 7.19. The minimum atomic E-state index is -0.0573. The van der Waals surface area contributed by atoms with Gasteiger partial charge in [0, 0.05) is 23.2 Å². The monoisotopic (exact) mass is 356 g/mol. The predicted octanol–water partition coefficient (Wildman–Crippen LogP) is 4.52. The lowest BCUT2D eigenvalue weighted by molar-refractivity contribution is 0.102. The first-order valence-electron chi connectivity index (χ1n) is 8.91. The molecule has 2 aliphatic rings. The van der Waals surface area contributed by atoms with Crippen molar-refractivity contribution < 1.29 is 4.79 Å². The van der Waals surface area contributed by atoms with Gasteiger partial charge < -0.3 is 10.6 Å². The molecule has 2 aliphatic carbocycles. The number of nitrogens with one attached hydrogen (secondary N) is 2. The van der Waals surface area contributed by atoms with Crippen LogP contribution in [0.3, 0.4) is 0 Å². The van der Waals surface area contributed by atoms with Gasteiger partial charge in [-0.2, -0.15) is 0 Å². The summed E-state index contributed by atoms with van der Waals surface area (Å²) < 4.78 is 0. The SMILES string of the molecule is Cc1cc(NC(=O)c2ccccc2)ccc1[C@@H]1C[C@H]1NCC1CC1.Cl. The molecule has 2 atom stereocenters. The fraction of sp³-hybridized carbons (Fsp3) is 0.381. The first kappa shape index (κ1) is 18.0. The zero-order valence-electron chi connectivity index (χ0n) is 14.5. The molecule has 2 N–H and O–H groups in total. The molecule has 3 nitrogen and oxygen atoms in total. The van der Waals surface area contributed by atoms with Crippen LogP contribution in [0.4, 0.5) is 5.69 Å². The lowest BCUT2D eigenvalue weighted by Gasteiger charge is -2.10. The molecule has 4 heteroatoms. The van der Waals surface area contributed by atoms with E-state index in [1.807, 2.05) is 36.4 Å². The summed E-state index contributed by atoms with van der Waals surface area (Å²) in [4.78, 5) is 12.2. The van der Waals surface area contributed by atoms with E-state index in [0.29, 0.717) is 17.5 Å². The van der Waals surface area contributed by atoms with Gasteiger partial charge in [-0.1, -0.05) is 24.3 Å². The summed E-state index contributed by atoms with van der Waals surface area (Å²) in [6.45, 7) is 3.33. The number of rotatable bonds is 6. The van der Waals surface area contributed by atoms with Gasteiger partial charge in [-0.25, -0.2) is 0 Å². The second-order valence-electron chi connectivity index (χ2n) is 7.19. The lowest BCUT2D eigenvalue weighted by Crippen LogP contribution is -2.20. The van der Waals surface area contributed by atoms with E-state index in [9.17, 15) is 4.79 Å². The number of anilines is 1. The number of halogens is 1. The van der Waals surface area contributed by atoms with Crippen LogP contribution in [-0.2, 0) is 0 Å². The molecular formula is C21H25ClN2O. The molecular weight excluding hydrogens is 332 g/mol. The number of hydrogen-bond acceptors (Lipinski definition) is 2. The topological polar surface area (TPSA) is 41.1 Å². The standard InChI is InChI=1S/C21H24N2O.ClH/c1-14-11-17(23-21(24)16-5-3-2-4-6-16)9-10-18(14)19-12-20(19)22-13-15-7-8-15;/h2-6,9-11,15,19-20,22H,7-8,12-13H2,1H3,(H,23,24);1H/t19-,20+;/m0./s1. The van der Waals surface area contributed by atoms with E-state index in [1.54, 1.807) is 0 Å². The van der Waals surface area contributed by atoms with Gasteiger partial charge in [0.05, 0.1) is 0 Å². The van der Waals surface area contributed by atoms with Crippen LogP contribution < -0.4 is 10.6 Å². The van der Waals surface area contributed by atoms with Crippen molar-refractivity contribution in [3.63, 3.8) is 0 Å². The predicted molar refractivity (Wildman–Crippen MR) is 105 cm³/mol. The van der Waals surface area contributed by atoms with Crippen LogP contribution in [0.15, 0.2) is 48.5 Å². The molecule has 2 fully saturated rings. The average Bonchev–Trinajstić information content (AvgIpc) is 3.49. The molecule has 0 spiro atoms. The summed E-state index contributed by atoms with van der Waals surface area (Å²) in [6.07, 6.45) is 4.04. The van der Waals surface area contributed by atoms with Crippen LogP contribution in [0.2, 0.25) is 0 Å². The van der Waals surface area contributed by atoms with Crippen LogP contribution in [0, 0.1) is 12.8 Å². The fourth-order valence-corrected chi connectivity index (χ4v) is 3.37. The molecule has 0 radical (unpaired) electrons. The molecule has 0 aliphatic heterocycles. The molecule has 0 bridgehead atoms. The van der Waals surface area contributed by atoms with E-state index in [-0.39, 0.29) is 18.3 Å². The van der Waals surface area contributed by atoms with E-state index in [0.717, 1.165) is 11.6 Å². The molecule has 2 saturated carbocycles. The maximum absolute atomic E-state index is 12.2. The Bertz CT molecular complexity index is 743. The maximum Gasteiger partial charge on any atom is 0.255 e. The summed E-state index contributed by atoms with van der Waals surface area (Å²) in [7, 11) is 0. The molecule has 0 aromatic heterocycles. The van der Waals surface area contributed by atoms with Gasteiger partial charge >= 0.3 is 0 Å². The van der Waals surface area contributed by atoms with Crippen molar-refractivity contribution in [2.45, 2.75) is 38.1 Å². The molecule has 0 saturated heterocycles. The number of benzene rings is 2. The molecule has 2 aromatic carbocycles. The Morgan fingerprint density at radius 2 is 1.88 bits per heavy atom. The van der Waals surface area contributed by atoms with Crippen molar-refractivity contribution >= 4 is 24.0 Å². The smallest absolute Gasteiger partial charge is 0.255 e. The van der Waals surface area contributed by atoms with Crippen LogP contribution in [0.1, 0.15) is 46.7 Å².